The second-order valence-electron chi connectivity index (χ2n) is 5.56. The van der Waals surface area contributed by atoms with Crippen LogP contribution in [0.2, 0.25) is 0 Å². The summed E-state index contributed by atoms with van der Waals surface area (Å²) in [5.74, 6) is 0.401. The average molecular weight is 366 g/mol. The second-order valence-corrected chi connectivity index (χ2v) is 5.56. The van der Waals surface area contributed by atoms with Crippen molar-refractivity contribution in [2.45, 2.75) is 19.5 Å². The number of benzene rings is 1. The molecule has 9 heteroatoms. The minimum atomic E-state index is -0.773. The molecule has 0 aliphatic carbocycles. The van der Waals surface area contributed by atoms with Gasteiger partial charge in [0.1, 0.15) is 30.8 Å². The van der Waals surface area contributed by atoms with E-state index >= 15 is 0 Å². The van der Waals surface area contributed by atoms with E-state index in [1.54, 1.807) is 32.4 Å². The molecule has 1 saturated heterocycles. The van der Waals surface area contributed by atoms with Crippen LogP contribution in [0.1, 0.15) is 12.5 Å². The fourth-order valence-electron chi connectivity index (χ4n) is 2.48. The summed E-state index contributed by atoms with van der Waals surface area (Å²) < 4.78 is 20.1. The van der Waals surface area contributed by atoms with Crippen molar-refractivity contribution in [1.29, 1.82) is 0 Å². The Morgan fingerprint density at radius 1 is 1.23 bits per heavy atom. The predicted octanol–water partition coefficient (Wildman–Crippen LogP) is 0.704. The first kappa shape index (κ1) is 19.4. The van der Waals surface area contributed by atoms with Gasteiger partial charge in [-0.15, -0.1) is 0 Å². The van der Waals surface area contributed by atoms with E-state index < -0.39 is 18.1 Å². The normalized spacial score (nSPS) is 16.0. The number of hydrogen-bond donors (Lipinski definition) is 1. The maximum Gasteiger partial charge on any atom is 0.410 e. The van der Waals surface area contributed by atoms with E-state index in [9.17, 15) is 14.4 Å². The van der Waals surface area contributed by atoms with Gasteiger partial charge in [0.05, 0.1) is 20.8 Å². The first-order chi connectivity index (χ1) is 12.4. The zero-order valence-electron chi connectivity index (χ0n) is 14.9. The predicted molar refractivity (Wildman–Crippen MR) is 89.9 cm³/mol. The minimum Gasteiger partial charge on any atom is -0.497 e. The van der Waals surface area contributed by atoms with E-state index in [4.69, 9.17) is 18.9 Å². The summed E-state index contributed by atoms with van der Waals surface area (Å²) in [6.07, 6.45) is -0.611. The highest BCUT2D eigenvalue weighted by molar-refractivity contribution is 5.87. The highest BCUT2D eigenvalue weighted by Gasteiger charge is 2.37. The first-order valence-electron chi connectivity index (χ1n) is 8.01. The molecule has 1 atom stereocenters. The van der Waals surface area contributed by atoms with Crippen LogP contribution in [0.5, 0.6) is 11.5 Å². The molecular weight excluding hydrogens is 344 g/mol. The molecule has 0 unspecified atom stereocenters. The van der Waals surface area contributed by atoms with Gasteiger partial charge in [-0.05, 0) is 17.7 Å². The Kier molecular flexibility index (Phi) is 6.65. The van der Waals surface area contributed by atoms with Gasteiger partial charge in [0.2, 0.25) is 5.91 Å². The summed E-state index contributed by atoms with van der Waals surface area (Å²) in [7, 11) is 3.08. The molecule has 1 fully saturated rings. The van der Waals surface area contributed by atoms with Gasteiger partial charge in [0.15, 0.2) is 0 Å². The Labute approximate surface area is 151 Å². The Balaban J connectivity index is 1.95. The average Bonchev–Trinajstić information content (AvgIpc) is 3.00. The van der Waals surface area contributed by atoms with Crippen LogP contribution in [-0.2, 0) is 25.6 Å². The summed E-state index contributed by atoms with van der Waals surface area (Å²) in [6.45, 7) is 1.54. The van der Waals surface area contributed by atoms with Gasteiger partial charge in [0, 0.05) is 19.5 Å². The highest BCUT2D eigenvalue weighted by atomic mass is 16.6. The quantitative estimate of drug-likeness (QED) is 0.676. The van der Waals surface area contributed by atoms with Crippen LogP contribution < -0.4 is 14.8 Å². The minimum absolute atomic E-state index is 0.00129. The van der Waals surface area contributed by atoms with Gasteiger partial charge in [-0.3, -0.25) is 14.5 Å². The summed E-state index contributed by atoms with van der Waals surface area (Å²) >= 11 is 0. The molecule has 0 bridgehead atoms. The van der Waals surface area contributed by atoms with Crippen LogP contribution in [0, 0.1) is 0 Å². The molecule has 0 spiro atoms. The number of rotatable bonds is 8. The fraction of sp³-hybridized carbons (Fsp3) is 0.471. The highest BCUT2D eigenvalue weighted by Crippen LogP contribution is 2.22. The molecule has 1 aliphatic rings. The zero-order chi connectivity index (χ0) is 19.1. The van der Waals surface area contributed by atoms with Gasteiger partial charge in [-0.1, -0.05) is 0 Å². The lowest BCUT2D eigenvalue weighted by atomic mass is 10.2. The summed E-state index contributed by atoms with van der Waals surface area (Å²) in [5.41, 5.74) is 0.784. The number of methoxy groups -OCH3 is 2. The van der Waals surface area contributed by atoms with E-state index in [1.807, 2.05) is 0 Å². The summed E-state index contributed by atoms with van der Waals surface area (Å²) in [6, 6.07) is 4.51. The van der Waals surface area contributed by atoms with Crippen molar-refractivity contribution in [2.24, 2.45) is 0 Å². The fourth-order valence-corrected chi connectivity index (χ4v) is 2.48. The molecule has 0 radical (unpaired) electrons. The van der Waals surface area contributed by atoms with Crippen LogP contribution in [0.15, 0.2) is 18.2 Å². The van der Waals surface area contributed by atoms with Crippen LogP contribution in [0.25, 0.3) is 0 Å². The number of amides is 2. The van der Waals surface area contributed by atoms with Crippen molar-refractivity contribution in [1.82, 2.24) is 10.2 Å². The lowest BCUT2D eigenvalue weighted by Gasteiger charge is -2.20. The molecule has 0 aromatic heterocycles. The SMILES string of the molecule is COc1cc(CNC(=O)[C@@H]2COC(=O)N2CCOC(C)=O)cc(OC)c1. The topological polar surface area (TPSA) is 103 Å². The molecule has 1 N–H and O–H groups in total. The number of hydrogen-bond acceptors (Lipinski definition) is 7. The number of carbonyl (C=O) groups excluding carboxylic acids is 3. The van der Waals surface area contributed by atoms with Crippen LogP contribution in [0.3, 0.4) is 0 Å². The van der Waals surface area contributed by atoms with Gasteiger partial charge in [0.25, 0.3) is 0 Å². The van der Waals surface area contributed by atoms with E-state index in [0.717, 1.165) is 5.56 Å². The Bertz CT molecular complexity index is 655. The summed E-state index contributed by atoms with van der Waals surface area (Å²) in [5, 5.41) is 2.76. The molecule has 26 heavy (non-hydrogen) atoms. The summed E-state index contributed by atoms with van der Waals surface area (Å²) in [4.78, 5) is 36.2. The number of nitrogens with zero attached hydrogens (tertiary/aromatic N) is 1. The number of esters is 1. The largest absolute Gasteiger partial charge is 0.497 e. The van der Waals surface area contributed by atoms with Gasteiger partial charge in [-0.2, -0.15) is 0 Å². The molecule has 2 amide bonds. The van der Waals surface area contributed by atoms with E-state index in [0.29, 0.717) is 11.5 Å². The molecule has 0 saturated carbocycles. The molecule has 1 aromatic carbocycles. The van der Waals surface area contributed by atoms with E-state index in [2.05, 4.69) is 5.32 Å². The van der Waals surface area contributed by atoms with Crippen LogP contribution in [-0.4, -0.2) is 62.9 Å². The maximum absolute atomic E-state index is 12.4. The number of nitrogens with one attached hydrogen (secondary N) is 1. The smallest absolute Gasteiger partial charge is 0.410 e. The monoisotopic (exact) mass is 366 g/mol. The van der Waals surface area contributed by atoms with Crippen molar-refractivity contribution in [2.75, 3.05) is 34.0 Å². The second kappa shape index (κ2) is 8.93. The number of cyclic esters (lactones) is 1. The van der Waals surface area contributed by atoms with Crippen molar-refractivity contribution >= 4 is 18.0 Å². The Morgan fingerprint density at radius 2 is 1.88 bits per heavy atom. The van der Waals surface area contributed by atoms with Gasteiger partial charge >= 0.3 is 12.1 Å². The molecule has 1 heterocycles. The standard InChI is InChI=1S/C17H22N2O7/c1-11(20)25-5-4-19-15(10-26-17(19)22)16(21)18-9-12-6-13(23-2)8-14(7-12)24-3/h6-8,15H,4-5,9-10H2,1-3H3,(H,18,21)/t15-/m0/s1. The molecule has 1 aromatic rings. The maximum atomic E-state index is 12.4. The lowest BCUT2D eigenvalue weighted by molar-refractivity contribution is -0.141. The van der Waals surface area contributed by atoms with Crippen molar-refractivity contribution in [3.05, 3.63) is 23.8 Å². The van der Waals surface area contributed by atoms with E-state index in [-0.39, 0.29) is 32.2 Å². The third-order valence-corrected chi connectivity index (χ3v) is 3.79. The first-order valence-corrected chi connectivity index (χ1v) is 8.01. The van der Waals surface area contributed by atoms with Crippen molar-refractivity contribution in [3.8, 4) is 11.5 Å². The third-order valence-electron chi connectivity index (χ3n) is 3.79. The number of ether oxygens (including phenoxy) is 4. The Hall–Kier alpha value is -2.97. The zero-order valence-corrected chi connectivity index (χ0v) is 14.9. The van der Waals surface area contributed by atoms with Crippen molar-refractivity contribution in [3.63, 3.8) is 0 Å². The third kappa shape index (κ3) is 5.01. The van der Waals surface area contributed by atoms with Crippen molar-refractivity contribution < 1.29 is 33.3 Å². The molecule has 1 aliphatic heterocycles. The lowest BCUT2D eigenvalue weighted by Crippen LogP contribution is -2.46. The van der Waals surface area contributed by atoms with Gasteiger partial charge < -0.3 is 24.3 Å². The van der Waals surface area contributed by atoms with E-state index in [1.165, 1.54) is 11.8 Å². The van der Waals surface area contributed by atoms with Crippen LogP contribution >= 0.6 is 0 Å². The molecular formula is C17H22N2O7. The number of carbonyl (C=O) groups is 3. The van der Waals surface area contributed by atoms with Crippen LogP contribution in [0.4, 0.5) is 4.79 Å². The van der Waals surface area contributed by atoms with Gasteiger partial charge in [-0.25, -0.2) is 4.79 Å². The molecule has 2 rings (SSSR count). The Morgan fingerprint density at radius 3 is 2.46 bits per heavy atom. The molecule has 9 nitrogen and oxygen atoms in total. The molecule has 142 valence electrons.